The lowest BCUT2D eigenvalue weighted by atomic mass is 9.54. The first-order valence-electron chi connectivity index (χ1n) is 9.77. The predicted octanol–water partition coefficient (Wildman–Crippen LogP) is 3.13. The van der Waals surface area contributed by atoms with Crippen molar-refractivity contribution in [2.75, 3.05) is 19.8 Å². The summed E-state index contributed by atoms with van der Waals surface area (Å²) in [5, 5.41) is 3.16. The molecule has 1 aromatic heterocycles. The highest BCUT2D eigenvalue weighted by molar-refractivity contribution is 5.76. The molecule has 1 N–H and O–H groups in total. The largest absolute Gasteiger partial charge is 0.381 e. The summed E-state index contributed by atoms with van der Waals surface area (Å²) in [7, 11) is 0. The standard InChI is InChI=1S/C20H29N3O2/c1-2-15-12-21-9-4-17(15)13-22-19(24)23-14-20(7-3-8-20)18(23)16-5-10-25-11-6-16/h4,9,12,16,18H,2-3,5-8,10-11,13-14H2,1H3,(H,22,24). The van der Waals surface area contributed by atoms with E-state index in [2.05, 4.69) is 22.1 Å². The van der Waals surface area contributed by atoms with Crippen molar-refractivity contribution in [3.8, 4) is 0 Å². The van der Waals surface area contributed by atoms with Crippen LogP contribution in [-0.2, 0) is 17.7 Å². The number of aryl methyl sites for hydroxylation is 1. The van der Waals surface area contributed by atoms with Crippen LogP contribution in [0, 0.1) is 11.3 Å². The third kappa shape index (κ3) is 3.03. The Labute approximate surface area is 150 Å². The fraction of sp³-hybridized carbons (Fsp3) is 0.700. The van der Waals surface area contributed by atoms with E-state index in [1.165, 1.54) is 30.4 Å². The number of aromatic nitrogens is 1. The van der Waals surface area contributed by atoms with Gasteiger partial charge in [-0.05, 0) is 55.2 Å². The number of likely N-dealkylation sites (tertiary alicyclic amines) is 1. The van der Waals surface area contributed by atoms with Crippen LogP contribution in [0.5, 0.6) is 0 Å². The molecule has 1 aromatic rings. The van der Waals surface area contributed by atoms with E-state index in [1.807, 2.05) is 12.3 Å². The Kier molecular flexibility index (Phi) is 4.67. The molecule has 0 bridgehead atoms. The SMILES string of the molecule is CCc1cnccc1CNC(=O)N1CC2(CCC2)C1C1CCOCC1. The van der Waals surface area contributed by atoms with Crippen LogP contribution in [0.15, 0.2) is 18.5 Å². The van der Waals surface area contributed by atoms with Crippen LogP contribution in [0.3, 0.4) is 0 Å². The van der Waals surface area contributed by atoms with E-state index in [0.717, 1.165) is 39.0 Å². The first-order chi connectivity index (χ1) is 12.2. The van der Waals surface area contributed by atoms with Gasteiger partial charge in [0.15, 0.2) is 0 Å². The predicted molar refractivity (Wildman–Crippen MR) is 96.2 cm³/mol. The summed E-state index contributed by atoms with van der Waals surface area (Å²) in [6.07, 6.45) is 10.8. The summed E-state index contributed by atoms with van der Waals surface area (Å²) in [5.41, 5.74) is 2.81. The summed E-state index contributed by atoms with van der Waals surface area (Å²) in [5.74, 6) is 0.612. The average molecular weight is 343 g/mol. The third-order valence-electron chi connectivity index (χ3n) is 6.59. The van der Waals surface area contributed by atoms with Gasteiger partial charge in [0.25, 0.3) is 0 Å². The minimum atomic E-state index is 0.105. The molecule has 2 amide bonds. The van der Waals surface area contributed by atoms with E-state index < -0.39 is 0 Å². The van der Waals surface area contributed by atoms with E-state index in [0.29, 0.717) is 23.9 Å². The summed E-state index contributed by atoms with van der Waals surface area (Å²) < 4.78 is 5.54. The number of hydrogen-bond donors (Lipinski definition) is 1. The Hall–Kier alpha value is -1.62. The molecule has 1 atom stereocenters. The van der Waals surface area contributed by atoms with E-state index in [9.17, 15) is 4.79 Å². The van der Waals surface area contributed by atoms with Gasteiger partial charge in [0.2, 0.25) is 0 Å². The molecule has 1 spiro atoms. The van der Waals surface area contributed by atoms with Crippen molar-refractivity contribution < 1.29 is 9.53 Å². The molecule has 3 fully saturated rings. The van der Waals surface area contributed by atoms with E-state index in [4.69, 9.17) is 4.74 Å². The molecule has 0 aromatic carbocycles. The number of carbonyl (C=O) groups is 1. The molecule has 4 rings (SSSR count). The van der Waals surface area contributed by atoms with Gasteiger partial charge in [-0.1, -0.05) is 13.3 Å². The number of nitrogens with zero attached hydrogens (tertiary/aromatic N) is 2. The van der Waals surface area contributed by atoms with Crippen molar-refractivity contribution in [3.05, 3.63) is 29.6 Å². The lowest BCUT2D eigenvalue weighted by Gasteiger charge is -2.64. The summed E-state index contributed by atoms with van der Waals surface area (Å²) in [4.78, 5) is 19.1. The number of rotatable bonds is 4. The van der Waals surface area contributed by atoms with Gasteiger partial charge in [0, 0.05) is 50.2 Å². The Balaban J connectivity index is 1.40. The van der Waals surface area contributed by atoms with Crippen molar-refractivity contribution in [3.63, 3.8) is 0 Å². The molecular weight excluding hydrogens is 314 g/mol. The first kappa shape index (κ1) is 16.8. The van der Waals surface area contributed by atoms with Gasteiger partial charge < -0.3 is 15.0 Å². The zero-order valence-corrected chi connectivity index (χ0v) is 15.2. The Morgan fingerprint density at radius 3 is 2.84 bits per heavy atom. The number of nitrogens with one attached hydrogen (secondary N) is 1. The van der Waals surface area contributed by atoms with Gasteiger partial charge in [0.05, 0.1) is 0 Å². The van der Waals surface area contributed by atoms with E-state index in [1.54, 1.807) is 6.20 Å². The fourth-order valence-electron chi connectivity index (χ4n) is 5.04. The molecule has 2 saturated heterocycles. The van der Waals surface area contributed by atoms with Crippen LogP contribution in [0.2, 0.25) is 0 Å². The zero-order chi connectivity index (χ0) is 17.3. The van der Waals surface area contributed by atoms with Crippen LogP contribution in [0.1, 0.15) is 50.2 Å². The van der Waals surface area contributed by atoms with Gasteiger partial charge in [-0.3, -0.25) is 4.98 Å². The van der Waals surface area contributed by atoms with Gasteiger partial charge in [-0.15, -0.1) is 0 Å². The molecule has 3 heterocycles. The maximum absolute atomic E-state index is 12.8. The number of carbonyl (C=O) groups excluding carboxylic acids is 1. The monoisotopic (exact) mass is 343 g/mol. The maximum Gasteiger partial charge on any atom is 0.317 e. The van der Waals surface area contributed by atoms with Gasteiger partial charge in [-0.25, -0.2) is 4.79 Å². The molecule has 1 saturated carbocycles. The zero-order valence-electron chi connectivity index (χ0n) is 15.2. The number of pyridine rings is 1. The fourth-order valence-corrected chi connectivity index (χ4v) is 5.04. The highest BCUT2D eigenvalue weighted by Crippen LogP contribution is 2.56. The highest BCUT2D eigenvalue weighted by atomic mass is 16.5. The number of amides is 2. The van der Waals surface area contributed by atoms with Crippen LogP contribution < -0.4 is 5.32 Å². The molecule has 3 aliphatic rings. The van der Waals surface area contributed by atoms with E-state index in [-0.39, 0.29) is 6.03 Å². The van der Waals surface area contributed by atoms with Crippen molar-refractivity contribution in [2.45, 2.75) is 58.0 Å². The molecule has 2 aliphatic heterocycles. The van der Waals surface area contributed by atoms with Gasteiger partial charge in [0.1, 0.15) is 0 Å². The second kappa shape index (κ2) is 6.94. The molecule has 25 heavy (non-hydrogen) atoms. The maximum atomic E-state index is 12.8. The first-order valence-corrected chi connectivity index (χ1v) is 9.77. The Morgan fingerprint density at radius 2 is 2.16 bits per heavy atom. The molecule has 1 unspecified atom stereocenters. The van der Waals surface area contributed by atoms with Crippen molar-refractivity contribution in [2.24, 2.45) is 11.3 Å². The Morgan fingerprint density at radius 1 is 1.36 bits per heavy atom. The molecule has 1 aliphatic carbocycles. The number of ether oxygens (including phenoxy) is 1. The normalized spacial score (nSPS) is 25.3. The van der Waals surface area contributed by atoms with Gasteiger partial charge >= 0.3 is 6.03 Å². The van der Waals surface area contributed by atoms with E-state index >= 15 is 0 Å². The lowest BCUT2D eigenvalue weighted by molar-refractivity contribution is -0.137. The van der Waals surface area contributed by atoms with Crippen LogP contribution >= 0.6 is 0 Å². The van der Waals surface area contributed by atoms with Gasteiger partial charge in [-0.2, -0.15) is 0 Å². The van der Waals surface area contributed by atoms with Crippen LogP contribution in [-0.4, -0.2) is 41.7 Å². The topological polar surface area (TPSA) is 54.5 Å². The average Bonchev–Trinajstić information content (AvgIpc) is 2.59. The summed E-state index contributed by atoms with van der Waals surface area (Å²) >= 11 is 0. The van der Waals surface area contributed by atoms with Crippen molar-refractivity contribution in [1.29, 1.82) is 0 Å². The second-order valence-corrected chi connectivity index (χ2v) is 7.90. The van der Waals surface area contributed by atoms with Crippen LogP contribution in [0.25, 0.3) is 0 Å². The quantitative estimate of drug-likeness (QED) is 0.914. The third-order valence-corrected chi connectivity index (χ3v) is 6.59. The molecule has 5 heteroatoms. The summed E-state index contributed by atoms with van der Waals surface area (Å²) in [6.45, 7) is 5.36. The second-order valence-electron chi connectivity index (χ2n) is 7.90. The van der Waals surface area contributed by atoms with Crippen molar-refractivity contribution >= 4 is 6.03 Å². The smallest absolute Gasteiger partial charge is 0.317 e. The summed E-state index contributed by atoms with van der Waals surface area (Å²) in [6, 6.07) is 2.54. The minimum absolute atomic E-state index is 0.105. The highest BCUT2D eigenvalue weighted by Gasteiger charge is 2.59. The number of urea groups is 1. The molecule has 0 radical (unpaired) electrons. The molecule has 136 valence electrons. The lowest BCUT2D eigenvalue weighted by Crippen LogP contribution is -2.72. The molecular formula is C20H29N3O2. The number of hydrogen-bond acceptors (Lipinski definition) is 3. The Bertz CT molecular complexity index is 623. The minimum Gasteiger partial charge on any atom is -0.381 e. The van der Waals surface area contributed by atoms with Crippen LogP contribution in [0.4, 0.5) is 4.79 Å². The van der Waals surface area contributed by atoms with Crippen molar-refractivity contribution in [1.82, 2.24) is 15.2 Å². The molecule has 5 nitrogen and oxygen atoms in total.